The van der Waals surface area contributed by atoms with Gasteiger partial charge in [-0.2, -0.15) is 0 Å². The van der Waals surface area contributed by atoms with Crippen LogP contribution in [0, 0.1) is 12.7 Å². The zero-order chi connectivity index (χ0) is 13.0. The summed E-state index contributed by atoms with van der Waals surface area (Å²) in [7, 11) is 0. The van der Waals surface area contributed by atoms with Crippen molar-refractivity contribution in [3.8, 4) is 0 Å². The Balaban J connectivity index is 2.00. The molecule has 2 rings (SSSR count). The summed E-state index contributed by atoms with van der Waals surface area (Å²) in [5.41, 5.74) is 3.38. The van der Waals surface area contributed by atoms with Crippen molar-refractivity contribution >= 4 is 0 Å². The minimum absolute atomic E-state index is 0.231. The summed E-state index contributed by atoms with van der Waals surface area (Å²) in [4.78, 5) is 3.84. The number of nitrogens with one attached hydrogen (secondary N) is 1. The number of hydrogen-bond acceptors (Lipinski definition) is 2. The number of halogens is 1. The van der Waals surface area contributed by atoms with E-state index in [0.717, 1.165) is 5.56 Å². The highest BCUT2D eigenvalue weighted by Crippen LogP contribution is 2.17. The van der Waals surface area contributed by atoms with E-state index < -0.39 is 0 Å². The van der Waals surface area contributed by atoms with Crippen LogP contribution in [0.25, 0.3) is 0 Å². The molecule has 94 valence electrons. The van der Waals surface area contributed by atoms with E-state index >= 15 is 0 Å². The average Bonchev–Trinajstić information content (AvgIpc) is 2.37. The zero-order valence-corrected chi connectivity index (χ0v) is 10.7. The quantitative estimate of drug-likeness (QED) is 0.891. The fourth-order valence-electron chi connectivity index (χ4n) is 2.01. The third-order valence-corrected chi connectivity index (χ3v) is 3.03. The van der Waals surface area contributed by atoms with Crippen molar-refractivity contribution in [2.45, 2.75) is 26.4 Å². The van der Waals surface area contributed by atoms with Crippen LogP contribution in [0.5, 0.6) is 0 Å². The number of aryl methyl sites for hydroxylation is 1. The number of nitrogens with zero attached hydrogens (tertiary/aromatic N) is 1. The van der Waals surface area contributed by atoms with Gasteiger partial charge in [-0.25, -0.2) is 4.39 Å². The number of aromatic nitrogens is 1. The van der Waals surface area contributed by atoms with Gasteiger partial charge in [-0.3, -0.25) is 4.98 Å². The zero-order valence-electron chi connectivity index (χ0n) is 10.7. The predicted octanol–water partition coefficient (Wildman–Crippen LogP) is 3.38. The van der Waals surface area contributed by atoms with Crippen LogP contribution in [0.1, 0.15) is 29.7 Å². The van der Waals surface area contributed by atoms with E-state index in [0.29, 0.717) is 6.54 Å². The number of pyridine rings is 1. The van der Waals surface area contributed by atoms with Gasteiger partial charge in [-0.05, 0) is 36.6 Å². The molecule has 0 radical (unpaired) electrons. The molecule has 1 aromatic carbocycles. The summed E-state index contributed by atoms with van der Waals surface area (Å²) in [6, 6.07) is 10.00. The van der Waals surface area contributed by atoms with Crippen LogP contribution in [0.3, 0.4) is 0 Å². The molecular weight excluding hydrogens is 227 g/mol. The maximum atomic E-state index is 13.0. The molecule has 3 heteroatoms. The van der Waals surface area contributed by atoms with E-state index in [1.807, 2.05) is 12.1 Å². The van der Waals surface area contributed by atoms with Gasteiger partial charge in [0.15, 0.2) is 0 Å². The van der Waals surface area contributed by atoms with E-state index in [1.165, 1.54) is 23.4 Å². The van der Waals surface area contributed by atoms with Crippen molar-refractivity contribution in [2.75, 3.05) is 0 Å². The molecule has 0 aliphatic heterocycles. The number of benzene rings is 1. The van der Waals surface area contributed by atoms with Crippen molar-refractivity contribution in [3.05, 3.63) is 65.2 Å². The molecule has 0 saturated heterocycles. The van der Waals surface area contributed by atoms with Crippen LogP contribution >= 0.6 is 0 Å². The molecule has 0 fully saturated rings. The van der Waals surface area contributed by atoms with Crippen LogP contribution in [-0.2, 0) is 6.54 Å². The topological polar surface area (TPSA) is 24.9 Å². The van der Waals surface area contributed by atoms with Crippen LogP contribution in [0.2, 0.25) is 0 Å². The Labute approximate surface area is 107 Å². The van der Waals surface area contributed by atoms with Gasteiger partial charge >= 0.3 is 0 Å². The SMILES string of the molecule is Cc1ccccc1[C@@H](C)NCc1cncc(F)c1. The van der Waals surface area contributed by atoms with Crippen molar-refractivity contribution in [3.63, 3.8) is 0 Å². The van der Waals surface area contributed by atoms with Gasteiger partial charge in [0, 0.05) is 18.8 Å². The second-order valence-electron chi connectivity index (χ2n) is 4.47. The Morgan fingerprint density at radius 2 is 2.06 bits per heavy atom. The van der Waals surface area contributed by atoms with E-state index in [9.17, 15) is 4.39 Å². The second-order valence-corrected chi connectivity index (χ2v) is 4.47. The summed E-state index contributed by atoms with van der Waals surface area (Å²) in [5.74, 6) is -0.294. The molecule has 0 unspecified atom stereocenters. The van der Waals surface area contributed by atoms with E-state index in [1.54, 1.807) is 6.20 Å². The van der Waals surface area contributed by atoms with E-state index in [2.05, 4.69) is 36.3 Å². The molecule has 0 amide bonds. The highest BCUT2D eigenvalue weighted by Gasteiger charge is 2.07. The Bertz CT molecular complexity index is 525. The molecule has 0 bridgehead atoms. The van der Waals surface area contributed by atoms with Gasteiger partial charge in [0.1, 0.15) is 5.82 Å². The first-order valence-corrected chi connectivity index (χ1v) is 6.05. The number of hydrogen-bond donors (Lipinski definition) is 1. The summed E-state index contributed by atoms with van der Waals surface area (Å²) in [6.45, 7) is 4.81. The highest BCUT2D eigenvalue weighted by molar-refractivity contribution is 5.28. The van der Waals surface area contributed by atoms with Gasteiger partial charge in [-0.15, -0.1) is 0 Å². The smallest absolute Gasteiger partial charge is 0.141 e. The van der Waals surface area contributed by atoms with Gasteiger partial charge in [0.25, 0.3) is 0 Å². The summed E-state index contributed by atoms with van der Waals surface area (Å²) in [6.07, 6.45) is 2.90. The van der Waals surface area contributed by atoms with Crippen LogP contribution in [0.4, 0.5) is 4.39 Å². The molecular formula is C15H17FN2. The lowest BCUT2D eigenvalue weighted by molar-refractivity contribution is 0.564. The molecule has 2 nitrogen and oxygen atoms in total. The van der Waals surface area contributed by atoms with Crippen molar-refractivity contribution in [1.82, 2.24) is 10.3 Å². The summed E-state index contributed by atoms with van der Waals surface area (Å²) in [5, 5.41) is 3.38. The van der Waals surface area contributed by atoms with Crippen molar-refractivity contribution in [2.24, 2.45) is 0 Å². The molecule has 0 spiro atoms. The molecule has 2 aromatic rings. The first-order valence-electron chi connectivity index (χ1n) is 6.05. The maximum absolute atomic E-state index is 13.0. The molecule has 0 saturated carbocycles. The largest absolute Gasteiger partial charge is 0.306 e. The van der Waals surface area contributed by atoms with E-state index in [4.69, 9.17) is 0 Å². The molecule has 1 atom stereocenters. The minimum atomic E-state index is -0.294. The summed E-state index contributed by atoms with van der Waals surface area (Å²) < 4.78 is 13.0. The summed E-state index contributed by atoms with van der Waals surface area (Å²) >= 11 is 0. The third-order valence-electron chi connectivity index (χ3n) is 3.03. The van der Waals surface area contributed by atoms with Crippen molar-refractivity contribution < 1.29 is 4.39 Å². The van der Waals surface area contributed by atoms with Gasteiger partial charge in [0.05, 0.1) is 6.20 Å². The minimum Gasteiger partial charge on any atom is -0.306 e. The maximum Gasteiger partial charge on any atom is 0.141 e. The molecule has 0 aliphatic rings. The molecule has 1 heterocycles. The lowest BCUT2D eigenvalue weighted by atomic mass is 10.0. The first-order chi connectivity index (χ1) is 8.66. The van der Waals surface area contributed by atoms with Gasteiger partial charge in [-0.1, -0.05) is 24.3 Å². The highest BCUT2D eigenvalue weighted by atomic mass is 19.1. The van der Waals surface area contributed by atoms with Gasteiger partial charge in [0.2, 0.25) is 0 Å². The van der Waals surface area contributed by atoms with E-state index in [-0.39, 0.29) is 11.9 Å². The lowest BCUT2D eigenvalue weighted by Gasteiger charge is -2.16. The normalized spacial score (nSPS) is 12.4. The lowest BCUT2D eigenvalue weighted by Crippen LogP contribution is -2.19. The molecule has 0 aliphatic carbocycles. The Morgan fingerprint density at radius 1 is 1.28 bits per heavy atom. The second kappa shape index (κ2) is 5.74. The molecule has 1 N–H and O–H groups in total. The Hall–Kier alpha value is -1.74. The van der Waals surface area contributed by atoms with Gasteiger partial charge < -0.3 is 5.32 Å². The molecule has 18 heavy (non-hydrogen) atoms. The fraction of sp³-hybridized carbons (Fsp3) is 0.267. The molecule has 1 aromatic heterocycles. The van der Waals surface area contributed by atoms with Crippen LogP contribution < -0.4 is 5.32 Å². The predicted molar refractivity (Wildman–Crippen MR) is 70.6 cm³/mol. The third kappa shape index (κ3) is 3.14. The van der Waals surface area contributed by atoms with Crippen LogP contribution in [-0.4, -0.2) is 4.98 Å². The Kier molecular flexibility index (Phi) is 4.05. The van der Waals surface area contributed by atoms with Crippen LogP contribution in [0.15, 0.2) is 42.7 Å². The monoisotopic (exact) mass is 244 g/mol. The Morgan fingerprint density at radius 3 is 2.78 bits per heavy atom. The van der Waals surface area contributed by atoms with Crippen molar-refractivity contribution in [1.29, 1.82) is 0 Å². The first kappa shape index (κ1) is 12.7. The fourth-order valence-corrected chi connectivity index (χ4v) is 2.01. The standard InChI is InChI=1S/C15H17FN2/c1-11-5-3-4-6-15(11)12(2)18-9-13-7-14(16)10-17-8-13/h3-8,10,12,18H,9H2,1-2H3/t12-/m1/s1. The number of rotatable bonds is 4. The average molecular weight is 244 g/mol.